The van der Waals surface area contributed by atoms with Gasteiger partial charge in [0.2, 0.25) is 5.95 Å². The maximum Gasteiger partial charge on any atom is 0.231 e. The molecule has 0 saturated heterocycles. The van der Waals surface area contributed by atoms with E-state index in [-0.39, 0.29) is 33.1 Å². The Kier molecular flexibility index (Phi) is 9.16. The van der Waals surface area contributed by atoms with Crippen molar-refractivity contribution >= 4 is 54.4 Å². The molecular formula is C28H27F2N7O4S2. The molecule has 3 aromatic carbocycles. The summed E-state index contributed by atoms with van der Waals surface area (Å²) in [5.41, 5.74) is 8.01. The Bertz CT molecular complexity index is 1800. The Morgan fingerprint density at radius 2 is 1.05 bits per heavy atom. The van der Waals surface area contributed by atoms with Gasteiger partial charge in [-0.2, -0.15) is 20.2 Å². The first-order valence-corrected chi connectivity index (χ1v) is 16.3. The highest BCUT2D eigenvalue weighted by molar-refractivity contribution is 7.91. The number of hydrogen-bond donors (Lipinski definition) is 3. The van der Waals surface area contributed by atoms with Crippen LogP contribution in [0, 0.1) is 11.6 Å². The van der Waals surface area contributed by atoms with Crippen LogP contribution in [0.25, 0.3) is 0 Å². The third-order valence-electron chi connectivity index (χ3n) is 5.92. The average Bonchev–Trinajstić information content (AvgIpc) is 2.93. The maximum atomic E-state index is 13.8. The summed E-state index contributed by atoms with van der Waals surface area (Å²) >= 11 is 0. The van der Waals surface area contributed by atoms with Crippen LogP contribution < -0.4 is 16.2 Å². The molecule has 0 atom stereocenters. The monoisotopic (exact) mass is 627 g/mol. The van der Waals surface area contributed by atoms with Crippen LogP contribution in [0.4, 0.5) is 32.1 Å². The molecule has 11 nitrogen and oxygen atoms in total. The van der Waals surface area contributed by atoms with Gasteiger partial charge in [0, 0.05) is 30.3 Å². The number of sulfone groups is 2. The van der Waals surface area contributed by atoms with E-state index in [1.807, 2.05) is 0 Å². The third-order valence-corrected chi connectivity index (χ3v) is 8.18. The van der Waals surface area contributed by atoms with E-state index in [1.165, 1.54) is 30.3 Å². The van der Waals surface area contributed by atoms with Gasteiger partial charge in [0.15, 0.2) is 31.3 Å². The number of hydrazone groups is 2. The molecule has 0 radical (unpaired) electrons. The molecular weight excluding hydrogens is 600 g/mol. The smallest absolute Gasteiger partial charge is 0.231 e. The number of aromatic nitrogens is 2. The molecule has 224 valence electrons. The van der Waals surface area contributed by atoms with Crippen molar-refractivity contribution in [3.8, 4) is 0 Å². The Morgan fingerprint density at radius 1 is 0.651 bits per heavy atom. The summed E-state index contributed by atoms with van der Waals surface area (Å²) in [7, 11) is -6.69. The van der Waals surface area contributed by atoms with E-state index in [1.54, 1.807) is 38.1 Å². The second-order valence-corrected chi connectivity index (χ2v) is 13.5. The highest BCUT2D eigenvalue weighted by Crippen LogP contribution is 2.21. The third kappa shape index (κ3) is 8.62. The van der Waals surface area contributed by atoms with Gasteiger partial charge in [-0.05, 0) is 61.4 Å². The van der Waals surface area contributed by atoms with Crippen molar-refractivity contribution < 1.29 is 25.6 Å². The number of hydrogen-bond acceptors (Lipinski definition) is 11. The minimum absolute atomic E-state index is 0.0341. The molecule has 0 amide bonds. The standard InChI is InChI=1S/C28H27F2N7O4S2/c1-17(19-5-9-24(10-6-19)42(3,38)39)34-36-26-16-27(33-28(32-26)31-23-14-21(29)13-22(30)15-23)37-35-18(2)20-7-11-25(12-8-20)43(4,40)41/h5-16H,1-4H3,(H3,31,32,33,36,37). The van der Waals surface area contributed by atoms with E-state index in [4.69, 9.17) is 0 Å². The zero-order valence-electron chi connectivity index (χ0n) is 23.4. The molecule has 4 rings (SSSR count). The summed E-state index contributed by atoms with van der Waals surface area (Å²) in [5, 5.41) is 11.4. The summed E-state index contributed by atoms with van der Waals surface area (Å²) in [6, 6.07) is 16.8. The number of nitrogens with one attached hydrogen (secondary N) is 3. The summed E-state index contributed by atoms with van der Waals surface area (Å²) in [4.78, 5) is 8.97. The topological polar surface area (TPSA) is 155 Å². The van der Waals surface area contributed by atoms with E-state index >= 15 is 0 Å². The summed E-state index contributed by atoms with van der Waals surface area (Å²) in [5.74, 6) is -1.24. The van der Waals surface area contributed by atoms with Crippen LogP contribution in [0.3, 0.4) is 0 Å². The molecule has 0 aliphatic heterocycles. The largest absolute Gasteiger partial charge is 0.324 e. The predicted octanol–water partition coefficient (Wildman–Crippen LogP) is 4.98. The van der Waals surface area contributed by atoms with Crippen LogP contribution in [-0.2, 0) is 19.7 Å². The number of halogens is 2. The molecule has 1 aromatic heterocycles. The minimum Gasteiger partial charge on any atom is -0.324 e. The lowest BCUT2D eigenvalue weighted by atomic mass is 10.1. The molecule has 4 aromatic rings. The zero-order chi connectivity index (χ0) is 31.4. The van der Waals surface area contributed by atoms with Gasteiger partial charge in [-0.25, -0.2) is 25.6 Å². The van der Waals surface area contributed by atoms with Crippen molar-refractivity contribution in [2.45, 2.75) is 23.6 Å². The number of benzene rings is 3. The van der Waals surface area contributed by atoms with Crippen LogP contribution in [0.1, 0.15) is 25.0 Å². The van der Waals surface area contributed by atoms with Gasteiger partial charge in [0.1, 0.15) is 11.6 Å². The lowest BCUT2D eigenvalue weighted by Crippen LogP contribution is -2.07. The molecule has 0 unspecified atom stereocenters. The fourth-order valence-corrected chi connectivity index (χ4v) is 4.93. The second kappa shape index (κ2) is 12.6. The van der Waals surface area contributed by atoms with Crippen molar-refractivity contribution in [2.24, 2.45) is 10.2 Å². The van der Waals surface area contributed by atoms with E-state index in [0.717, 1.165) is 30.7 Å². The van der Waals surface area contributed by atoms with Crippen molar-refractivity contribution in [2.75, 3.05) is 28.7 Å². The van der Waals surface area contributed by atoms with Crippen LogP contribution in [0.5, 0.6) is 0 Å². The van der Waals surface area contributed by atoms with Crippen molar-refractivity contribution in [1.82, 2.24) is 9.97 Å². The number of anilines is 4. The molecule has 0 spiro atoms. The van der Waals surface area contributed by atoms with Gasteiger partial charge in [0.25, 0.3) is 0 Å². The molecule has 3 N–H and O–H groups in total. The van der Waals surface area contributed by atoms with Crippen LogP contribution in [0.15, 0.2) is 92.8 Å². The maximum absolute atomic E-state index is 13.8. The Balaban J connectivity index is 1.61. The van der Waals surface area contributed by atoms with Crippen LogP contribution >= 0.6 is 0 Å². The molecule has 43 heavy (non-hydrogen) atoms. The zero-order valence-corrected chi connectivity index (χ0v) is 25.1. The van der Waals surface area contributed by atoms with E-state index in [9.17, 15) is 25.6 Å². The van der Waals surface area contributed by atoms with Gasteiger partial charge in [-0.15, -0.1) is 0 Å². The summed E-state index contributed by atoms with van der Waals surface area (Å²) < 4.78 is 74.5. The summed E-state index contributed by atoms with van der Waals surface area (Å²) in [6.07, 6.45) is 2.24. The lowest BCUT2D eigenvalue weighted by Gasteiger charge is -2.11. The van der Waals surface area contributed by atoms with E-state index in [2.05, 4.69) is 36.3 Å². The molecule has 0 aliphatic rings. The molecule has 15 heteroatoms. The lowest BCUT2D eigenvalue weighted by molar-refractivity contribution is 0.584. The van der Waals surface area contributed by atoms with E-state index < -0.39 is 31.3 Å². The normalized spacial score (nSPS) is 12.6. The van der Waals surface area contributed by atoms with Crippen molar-refractivity contribution in [1.29, 1.82) is 0 Å². The van der Waals surface area contributed by atoms with Crippen molar-refractivity contribution in [3.05, 3.63) is 95.6 Å². The van der Waals surface area contributed by atoms with Crippen LogP contribution in [0.2, 0.25) is 0 Å². The van der Waals surface area contributed by atoms with Crippen molar-refractivity contribution in [3.63, 3.8) is 0 Å². The second-order valence-electron chi connectivity index (χ2n) is 9.46. The van der Waals surface area contributed by atoms with Gasteiger partial charge in [-0.3, -0.25) is 10.9 Å². The Hall–Kier alpha value is -4.76. The molecule has 0 saturated carbocycles. The first-order valence-electron chi connectivity index (χ1n) is 12.5. The minimum atomic E-state index is -3.35. The fraction of sp³-hybridized carbons (Fsp3) is 0.143. The molecule has 1 heterocycles. The van der Waals surface area contributed by atoms with Gasteiger partial charge >= 0.3 is 0 Å². The quantitative estimate of drug-likeness (QED) is 0.163. The Labute approximate surface area is 247 Å². The highest BCUT2D eigenvalue weighted by Gasteiger charge is 2.11. The molecule has 0 fully saturated rings. The first-order chi connectivity index (χ1) is 20.2. The highest BCUT2D eigenvalue weighted by atomic mass is 32.2. The first kappa shape index (κ1) is 31.2. The fourth-order valence-electron chi connectivity index (χ4n) is 3.67. The Morgan fingerprint density at radius 3 is 1.42 bits per heavy atom. The molecule has 0 bridgehead atoms. The molecule has 0 aliphatic carbocycles. The number of rotatable bonds is 10. The SMILES string of the molecule is CC(=NNc1cc(NN=C(C)c2ccc(S(C)(=O)=O)cc2)nc(Nc2cc(F)cc(F)c2)n1)c1ccc(S(C)(=O)=O)cc1. The van der Waals surface area contributed by atoms with Gasteiger partial charge < -0.3 is 5.32 Å². The van der Waals surface area contributed by atoms with Gasteiger partial charge in [-0.1, -0.05) is 24.3 Å². The van der Waals surface area contributed by atoms with Gasteiger partial charge in [0.05, 0.1) is 21.2 Å². The average molecular weight is 628 g/mol. The number of nitrogens with zero attached hydrogens (tertiary/aromatic N) is 4. The summed E-state index contributed by atoms with van der Waals surface area (Å²) in [6.45, 7) is 3.42. The predicted molar refractivity (Wildman–Crippen MR) is 162 cm³/mol. The van der Waals surface area contributed by atoms with E-state index in [0.29, 0.717) is 22.6 Å². The van der Waals surface area contributed by atoms with Crippen LogP contribution in [-0.4, -0.2) is 50.7 Å².